The number of aliphatic hydroxyl groups is 1. The summed E-state index contributed by atoms with van der Waals surface area (Å²) in [6.45, 7) is 1.88. The second kappa shape index (κ2) is 4.90. The van der Waals surface area contributed by atoms with Crippen LogP contribution in [0.3, 0.4) is 0 Å². The van der Waals surface area contributed by atoms with E-state index in [9.17, 15) is 15.2 Å². The van der Waals surface area contributed by atoms with Gasteiger partial charge >= 0.3 is 0 Å². The highest BCUT2D eigenvalue weighted by molar-refractivity contribution is 6.33. The van der Waals surface area contributed by atoms with Gasteiger partial charge in [0.1, 0.15) is 5.02 Å². The minimum Gasteiger partial charge on any atom is -0.393 e. The highest BCUT2D eigenvalue weighted by atomic mass is 35.5. The molecule has 0 amide bonds. The third kappa shape index (κ3) is 2.15. The summed E-state index contributed by atoms with van der Waals surface area (Å²) in [7, 11) is 0. The lowest BCUT2D eigenvalue weighted by atomic mass is 9.98. The summed E-state index contributed by atoms with van der Waals surface area (Å²) in [4.78, 5) is 12.8. The van der Waals surface area contributed by atoms with Crippen LogP contribution in [0.4, 0.5) is 11.4 Å². The van der Waals surface area contributed by atoms with E-state index in [0.29, 0.717) is 12.1 Å². The van der Waals surface area contributed by atoms with Gasteiger partial charge in [0.15, 0.2) is 0 Å². The van der Waals surface area contributed by atoms with Crippen LogP contribution in [0, 0.1) is 17.0 Å². The fraction of sp³-hybridized carbons (Fsp3) is 0.571. The Morgan fingerprint density at radius 2 is 1.95 bits per heavy atom. The smallest absolute Gasteiger partial charge is 0.288 e. The summed E-state index contributed by atoms with van der Waals surface area (Å²) < 4.78 is 0. The van der Waals surface area contributed by atoms with Crippen LogP contribution in [-0.4, -0.2) is 28.2 Å². The number of piperidine rings is 1. The molecule has 5 nitrogen and oxygen atoms in total. The Kier molecular flexibility index (Phi) is 3.34. The Hall–Kier alpha value is -1.33. The Labute approximate surface area is 122 Å². The third-order valence-corrected chi connectivity index (χ3v) is 4.75. The minimum absolute atomic E-state index is 0.0442. The number of nitro groups is 1. The first-order valence-corrected chi connectivity index (χ1v) is 7.26. The van der Waals surface area contributed by atoms with E-state index in [2.05, 4.69) is 4.90 Å². The Morgan fingerprint density at radius 3 is 2.50 bits per heavy atom. The summed E-state index contributed by atoms with van der Waals surface area (Å²) in [5.74, 6) is 0. The molecule has 2 saturated heterocycles. The molecule has 1 aromatic rings. The van der Waals surface area contributed by atoms with Gasteiger partial charge in [0.05, 0.1) is 11.0 Å². The molecular formula is C14H17ClN2O3. The largest absolute Gasteiger partial charge is 0.393 e. The number of anilines is 1. The van der Waals surface area contributed by atoms with Crippen molar-refractivity contribution in [2.45, 2.75) is 50.8 Å². The van der Waals surface area contributed by atoms with Gasteiger partial charge in [0, 0.05) is 23.8 Å². The molecule has 2 atom stereocenters. The quantitative estimate of drug-likeness (QED) is 0.673. The van der Waals surface area contributed by atoms with Gasteiger partial charge in [-0.3, -0.25) is 10.1 Å². The first-order valence-electron chi connectivity index (χ1n) is 6.88. The molecule has 20 heavy (non-hydrogen) atoms. The van der Waals surface area contributed by atoms with Crippen LogP contribution in [0.25, 0.3) is 0 Å². The third-order valence-electron chi connectivity index (χ3n) is 4.45. The number of halogens is 1. The molecule has 6 heteroatoms. The van der Waals surface area contributed by atoms with Crippen LogP contribution >= 0.6 is 11.6 Å². The summed E-state index contributed by atoms with van der Waals surface area (Å²) >= 11 is 6.04. The lowest BCUT2D eigenvalue weighted by Gasteiger charge is -2.39. The first kappa shape index (κ1) is 13.6. The molecule has 0 spiro atoms. The topological polar surface area (TPSA) is 66.6 Å². The Balaban J connectivity index is 1.99. The number of nitro benzene ring substituents is 1. The molecule has 2 unspecified atom stereocenters. The van der Waals surface area contributed by atoms with Crippen molar-refractivity contribution in [1.82, 2.24) is 0 Å². The maximum atomic E-state index is 10.9. The second-order valence-corrected chi connectivity index (χ2v) is 6.17. The molecule has 1 aromatic carbocycles. The molecule has 3 rings (SSSR count). The van der Waals surface area contributed by atoms with Gasteiger partial charge in [-0.1, -0.05) is 11.6 Å². The van der Waals surface area contributed by atoms with Crippen LogP contribution < -0.4 is 4.90 Å². The molecule has 2 aliphatic rings. The monoisotopic (exact) mass is 296 g/mol. The highest BCUT2D eigenvalue weighted by Gasteiger charge is 2.41. The minimum atomic E-state index is -0.451. The molecule has 2 heterocycles. The van der Waals surface area contributed by atoms with Gasteiger partial charge in [0.25, 0.3) is 5.69 Å². The van der Waals surface area contributed by atoms with E-state index in [1.165, 1.54) is 0 Å². The van der Waals surface area contributed by atoms with Gasteiger partial charge < -0.3 is 10.0 Å². The second-order valence-electron chi connectivity index (χ2n) is 5.76. The number of benzene rings is 1. The summed E-state index contributed by atoms with van der Waals surface area (Å²) in [5.41, 5.74) is 1.80. The molecular weight excluding hydrogens is 280 g/mol. The summed E-state index contributed by atoms with van der Waals surface area (Å²) in [6.07, 6.45) is 3.44. The van der Waals surface area contributed by atoms with Crippen LogP contribution in [0.15, 0.2) is 12.1 Å². The van der Waals surface area contributed by atoms with E-state index >= 15 is 0 Å². The van der Waals surface area contributed by atoms with Crippen LogP contribution in [0.1, 0.15) is 31.2 Å². The average molecular weight is 297 g/mol. The van der Waals surface area contributed by atoms with E-state index in [0.717, 1.165) is 36.9 Å². The lowest BCUT2D eigenvalue weighted by molar-refractivity contribution is -0.384. The predicted octanol–water partition coefficient (Wildman–Crippen LogP) is 3.05. The molecule has 108 valence electrons. The molecule has 1 N–H and O–H groups in total. The number of aliphatic hydroxyl groups excluding tert-OH is 1. The van der Waals surface area contributed by atoms with Gasteiger partial charge in [-0.2, -0.15) is 0 Å². The van der Waals surface area contributed by atoms with E-state index in [1.54, 1.807) is 12.1 Å². The summed E-state index contributed by atoms with van der Waals surface area (Å²) in [6, 6.07) is 3.89. The van der Waals surface area contributed by atoms with Crippen molar-refractivity contribution >= 4 is 23.0 Å². The fourth-order valence-electron chi connectivity index (χ4n) is 3.62. The van der Waals surface area contributed by atoms with Crippen molar-refractivity contribution in [1.29, 1.82) is 0 Å². The van der Waals surface area contributed by atoms with Crippen molar-refractivity contribution in [3.05, 3.63) is 32.8 Å². The summed E-state index contributed by atoms with van der Waals surface area (Å²) in [5, 5.41) is 21.0. The maximum Gasteiger partial charge on any atom is 0.288 e. The van der Waals surface area contributed by atoms with Crippen LogP contribution in [-0.2, 0) is 0 Å². The van der Waals surface area contributed by atoms with Gasteiger partial charge in [0.2, 0.25) is 0 Å². The van der Waals surface area contributed by atoms with Gasteiger partial charge in [-0.05, 0) is 44.2 Å². The van der Waals surface area contributed by atoms with Crippen molar-refractivity contribution in [3.8, 4) is 0 Å². The average Bonchev–Trinajstić information content (AvgIpc) is 2.63. The molecule has 0 aromatic heterocycles. The van der Waals surface area contributed by atoms with E-state index in [4.69, 9.17) is 11.6 Å². The molecule has 2 bridgehead atoms. The van der Waals surface area contributed by atoms with Crippen molar-refractivity contribution in [2.24, 2.45) is 0 Å². The van der Waals surface area contributed by atoms with Crippen molar-refractivity contribution in [2.75, 3.05) is 4.90 Å². The van der Waals surface area contributed by atoms with Crippen LogP contribution in [0.2, 0.25) is 5.02 Å². The number of rotatable bonds is 2. The Morgan fingerprint density at radius 1 is 1.35 bits per heavy atom. The zero-order chi connectivity index (χ0) is 14.4. The van der Waals surface area contributed by atoms with Crippen molar-refractivity contribution < 1.29 is 10.0 Å². The maximum absolute atomic E-state index is 10.9. The highest BCUT2D eigenvalue weighted by Crippen LogP contribution is 2.42. The van der Waals surface area contributed by atoms with Gasteiger partial charge in [-0.15, -0.1) is 0 Å². The number of fused-ring (bicyclic) bond motifs is 2. The molecule has 0 radical (unpaired) electrons. The zero-order valence-electron chi connectivity index (χ0n) is 11.3. The van der Waals surface area contributed by atoms with Gasteiger partial charge in [-0.25, -0.2) is 0 Å². The number of aryl methyl sites for hydroxylation is 1. The molecule has 0 saturated carbocycles. The molecule has 0 aliphatic carbocycles. The predicted molar refractivity (Wildman–Crippen MR) is 77.4 cm³/mol. The standard InChI is InChI=1S/C14H17ClN2O3/c1-8-4-14(17(19)20)12(15)7-13(8)16-9-2-3-10(16)6-11(18)5-9/h4,7,9-11,18H,2-3,5-6H2,1H3. The molecule has 2 aliphatic heterocycles. The van der Waals surface area contributed by atoms with E-state index < -0.39 is 4.92 Å². The zero-order valence-corrected chi connectivity index (χ0v) is 12.0. The number of hydrogen-bond donors (Lipinski definition) is 1. The molecule has 2 fully saturated rings. The number of hydrogen-bond acceptors (Lipinski definition) is 4. The lowest BCUT2D eigenvalue weighted by Crippen LogP contribution is -2.45. The van der Waals surface area contributed by atoms with Crippen molar-refractivity contribution in [3.63, 3.8) is 0 Å². The van der Waals surface area contributed by atoms with Crippen LogP contribution in [0.5, 0.6) is 0 Å². The Bertz CT molecular complexity index is 550. The first-order chi connectivity index (χ1) is 9.47. The SMILES string of the molecule is Cc1cc([N+](=O)[O-])c(Cl)cc1N1C2CCC1CC(O)C2. The normalized spacial score (nSPS) is 28.8. The fourth-order valence-corrected chi connectivity index (χ4v) is 3.84. The number of nitrogens with zero attached hydrogens (tertiary/aromatic N) is 2. The van der Waals surface area contributed by atoms with E-state index in [1.807, 2.05) is 6.92 Å². The van der Waals surface area contributed by atoms with E-state index in [-0.39, 0.29) is 16.8 Å².